The zero-order valence-corrected chi connectivity index (χ0v) is 18.0. The lowest BCUT2D eigenvalue weighted by atomic mass is 10.1. The van der Waals surface area contributed by atoms with Crippen molar-refractivity contribution in [2.45, 2.75) is 37.6 Å². The molecule has 2 aliphatic rings. The lowest BCUT2D eigenvalue weighted by Gasteiger charge is -2.23. The Morgan fingerprint density at radius 2 is 2.10 bits per heavy atom. The second-order valence-corrected chi connectivity index (χ2v) is 9.07. The van der Waals surface area contributed by atoms with Gasteiger partial charge in [0.2, 0.25) is 5.95 Å². The van der Waals surface area contributed by atoms with Crippen LogP contribution in [-0.4, -0.2) is 36.9 Å². The average Bonchev–Trinajstić information content (AvgIpc) is 3.27. The lowest BCUT2D eigenvalue weighted by Crippen LogP contribution is -2.24. The van der Waals surface area contributed by atoms with E-state index in [0.717, 1.165) is 47.4 Å². The number of hydrogen-bond acceptors (Lipinski definition) is 9. The summed E-state index contributed by atoms with van der Waals surface area (Å²) in [6, 6.07) is 5.69. The minimum atomic E-state index is -0.000572. The molecule has 5 heterocycles. The van der Waals surface area contributed by atoms with Crippen LogP contribution in [0.5, 0.6) is 0 Å². The van der Waals surface area contributed by atoms with Gasteiger partial charge in [-0.15, -0.1) is 11.3 Å². The second kappa shape index (κ2) is 7.61. The Hall–Kier alpha value is -2.98. The average molecular weight is 455 g/mol. The van der Waals surface area contributed by atoms with Crippen molar-refractivity contribution in [2.75, 3.05) is 16.8 Å². The highest BCUT2D eigenvalue weighted by Crippen LogP contribution is 2.40. The molecule has 9 nitrogen and oxygen atoms in total. The number of aromatic nitrogens is 6. The summed E-state index contributed by atoms with van der Waals surface area (Å²) in [4.78, 5) is 15.6. The van der Waals surface area contributed by atoms with Crippen LogP contribution < -0.4 is 10.2 Å². The molecule has 2 N–H and O–H groups in total. The van der Waals surface area contributed by atoms with Crippen molar-refractivity contribution in [1.29, 1.82) is 0 Å². The molecule has 2 fully saturated rings. The van der Waals surface area contributed by atoms with Gasteiger partial charge in [-0.25, -0.2) is 9.97 Å². The molecule has 4 aromatic heterocycles. The van der Waals surface area contributed by atoms with E-state index in [1.165, 1.54) is 24.2 Å². The summed E-state index contributed by atoms with van der Waals surface area (Å²) in [5.41, 5.74) is 1.90. The van der Waals surface area contributed by atoms with Crippen LogP contribution in [0.3, 0.4) is 0 Å². The van der Waals surface area contributed by atoms with Crippen LogP contribution in [0.1, 0.15) is 49.1 Å². The molecular formula is C20H19ClN8OS. The monoisotopic (exact) mass is 454 g/mol. The number of thiazole rings is 1. The van der Waals surface area contributed by atoms with Crippen LogP contribution in [0.25, 0.3) is 10.7 Å². The van der Waals surface area contributed by atoms with Crippen LogP contribution in [0.2, 0.25) is 5.15 Å². The smallest absolute Gasteiger partial charge is 0.229 e. The molecule has 0 bridgehead atoms. The SMILES string of the molecule is Clc1cc(Nc2cc(C3CC3)[nH]n2)nc(N2CCCC2c2cc(-c3nccs3)no2)n1. The molecule has 1 aliphatic carbocycles. The van der Waals surface area contributed by atoms with Crippen LogP contribution in [0.4, 0.5) is 17.6 Å². The van der Waals surface area contributed by atoms with Gasteiger partial charge in [-0.1, -0.05) is 16.8 Å². The van der Waals surface area contributed by atoms with Gasteiger partial charge in [0, 0.05) is 47.9 Å². The minimum absolute atomic E-state index is 0.000572. The van der Waals surface area contributed by atoms with Gasteiger partial charge in [0.15, 0.2) is 11.6 Å². The first kappa shape index (κ1) is 18.8. The van der Waals surface area contributed by atoms with Crippen molar-refractivity contribution in [3.8, 4) is 10.7 Å². The second-order valence-electron chi connectivity index (χ2n) is 7.79. The van der Waals surface area contributed by atoms with Gasteiger partial charge < -0.3 is 14.7 Å². The molecule has 1 saturated heterocycles. The predicted octanol–water partition coefficient (Wildman–Crippen LogP) is 4.93. The summed E-state index contributed by atoms with van der Waals surface area (Å²) in [6.07, 6.45) is 6.12. The van der Waals surface area contributed by atoms with E-state index in [4.69, 9.17) is 21.1 Å². The summed E-state index contributed by atoms with van der Waals surface area (Å²) in [5.74, 6) is 3.28. The largest absolute Gasteiger partial charge is 0.358 e. The van der Waals surface area contributed by atoms with E-state index in [-0.39, 0.29) is 6.04 Å². The molecule has 11 heteroatoms. The standard InChI is InChI=1S/C20H19ClN8OS/c21-16-10-17(24-18-9-12(26-27-18)11-3-4-11)25-20(23-16)29-6-1-2-14(29)15-8-13(28-30-15)19-22-5-7-31-19/h5,7-11,14H,1-4,6H2,(H2,23,24,25,26,27). The Morgan fingerprint density at radius 1 is 1.16 bits per heavy atom. The van der Waals surface area contributed by atoms with E-state index >= 15 is 0 Å². The number of anilines is 3. The van der Waals surface area contributed by atoms with Crippen molar-refractivity contribution in [1.82, 2.24) is 30.3 Å². The van der Waals surface area contributed by atoms with E-state index in [1.54, 1.807) is 12.3 Å². The number of nitrogens with zero attached hydrogens (tertiary/aromatic N) is 6. The van der Waals surface area contributed by atoms with E-state index in [2.05, 4.69) is 35.5 Å². The quantitative estimate of drug-likeness (QED) is 0.395. The van der Waals surface area contributed by atoms with Gasteiger partial charge in [0.25, 0.3) is 0 Å². The molecule has 4 aromatic rings. The minimum Gasteiger partial charge on any atom is -0.358 e. The van der Waals surface area contributed by atoms with E-state index in [1.807, 2.05) is 17.5 Å². The highest BCUT2D eigenvalue weighted by molar-refractivity contribution is 7.13. The van der Waals surface area contributed by atoms with E-state index < -0.39 is 0 Å². The maximum atomic E-state index is 6.34. The molecule has 31 heavy (non-hydrogen) atoms. The normalized spacial score (nSPS) is 18.6. The lowest BCUT2D eigenvalue weighted by molar-refractivity contribution is 0.362. The van der Waals surface area contributed by atoms with Crippen molar-refractivity contribution in [2.24, 2.45) is 0 Å². The molecular weight excluding hydrogens is 436 g/mol. The Bertz CT molecular complexity index is 1200. The molecule has 1 aliphatic heterocycles. The fourth-order valence-corrected chi connectivity index (χ4v) is 4.70. The van der Waals surface area contributed by atoms with Gasteiger partial charge in [0.1, 0.15) is 21.7 Å². The number of H-pyrrole nitrogens is 1. The maximum Gasteiger partial charge on any atom is 0.229 e. The number of aromatic amines is 1. The summed E-state index contributed by atoms with van der Waals surface area (Å²) >= 11 is 7.87. The summed E-state index contributed by atoms with van der Waals surface area (Å²) in [7, 11) is 0. The molecule has 0 radical (unpaired) electrons. The number of halogens is 1. The molecule has 0 amide bonds. The van der Waals surface area contributed by atoms with Crippen molar-refractivity contribution in [3.05, 3.63) is 46.4 Å². The van der Waals surface area contributed by atoms with Gasteiger partial charge >= 0.3 is 0 Å². The fourth-order valence-electron chi connectivity index (χ4n) is 3.93. The van der Waals surface area contributed by atoms with Crippen molar-refractivity contribution >= 4 is 40.5 Å². The zero-order valence-electron chi connectivity index (χ0n) is 16.5. The fraction of sp³-hybridized carbons (Fsp3) is 0.350. The highest BCUT2D eigenvalue weighted by atomic mass is 35.5. The van der Waals surface area contributed by atoms with Gasteiger partial charge in [-0.3, -0.25) is 5.10 Å². The summed E-state index contributed by atoms with van der Waals surface area (Å²) in [5, 5.41) is 18.0. The highest BCUT2D eigenvalue weighted by Gasteiger charge is 2.32. The zero-order chi connectivity index (χ0) is 20.8. The first-order valence-corrected chi connectivity index (χ1v) is 11.5. The molecule has 0 aromatic carbocycles. The number of rotatable bonds is 6. The molecule has 0 spiro atoms. The Kier molecular flexibility index (Phi) is 4.61. The van der Waals surface area contributed by atoms with Crippen LogP contribution in [0.15, 0.2) is 34.3 Å². The molecule has 1 unspecified atom stereocenters. The number of nitrogens with one attached hydrogen (secondary N) is 2. The van der Waals surface area contributed by atoms with E-state index in [9.17, 15) is 0 Å². The van der Waals surface area contributed by atoms with Crippen LogP contribution >= 0.6 is 22.9 Å². The molecule has 6 rings (SSSR count). The third-order valence-electron chi connectivity index (χ3n) is 5.57. The van der Waals surface area contributed by atoms with Crippen molar-refractivity contribution in [3.63, 3.8) is 0 Å². The summed E-state index contributed by atoms with van der Waals surface area (Å²) in [6.45, 7) is 0.811. The summed E-state index contributed by atoms with van der Waals surface area (Å²) < 4.78 is 5.67. The van der Waals surface area contributed by atoms with E-state index in [0.29, 0.717) is 22.8 Å². The molecule has 1 saturated carbocycles. The van der Waals surface area contributed by atoms with Crippen molar-refractivity contribution < 1.29 is 4.52 Å². The third-order valence-corrected chi connectivity index (χ3v) is 6.56. The first-order chi connectivity index (χ1) is 15.2. The Balaban J connectivity index is 1.25. The number of hydrogen-bond donors (Lipinski definition) is 2. The van der Waals surface area contributed by atoms with Crippen LogP contribution in [0, 0.1) is 0 Å². The maximum absolute atomic E-state index is 6.34. The Labute approximate surface area is 186 Å². The van der Waals surface area contributed by atoms with Gasteiger partial charge in [-0.2, -0.15) is 10.1 Å². The first-order valence-electron chi connectivity index (χ1n) is 10.2. The molecule has 1 atom stereocenters. The molecule has 158 valence electrons. The topological polar surface area (TPSA) is 109 Å². The predicted molar refractivity (Wildman–Crippen MR) is 118 cm³/mol. The van der Waals surface area contributed by atoms with Gasteiger partial charge in [-0.05, 0) is 25.7 Å². The van der Waals surface area contributed by atoms with Crippen LogP contribution in [-0.2, 0) is 0 Å². The Morgan fingerprint density at radius 3 is 2.94 bits per heavy atom. The third kappa shape index (κ3) is 3.77. The van der Waals surface area contributed by atoms with Gasteiger partial charge in [0.05, 0.1) is 6.04 Å².